The third kappa shape index (κ3) is 4.10. The van der Waals surface area contributed by atoms with Crippen molar-refractivity contribution in [1.29, 1.82) is 0 Å². The number of aliphatic hydroxyl groups is 4. The van der Waals surface area contributed by atoms with Crippen molar-refractivity contribution in [1.82, 2.24) is 0 Å². The van der Waals surface area contributed by atoms with Crippen LogP contribution in [-0.2, 0) is 9.53 Å². The second-order valence-electron chi connectivity index (χ2n) is 4.74. The van der Waals surface area contributed by atoms with Crippen molar-refractivity contribution in [2.24, 2.45) is 5.73 Å². The highest BCUT2D eigenvalue weighted by Gasteiger charge is 2.42. The molecule has 1 rings (SSSR count). The van der Waals surface area contributed by atoms with Gasteiger partial charge in [-0.3, -0.25) is 4.79 Å². The van der Waals surface area contributed by atoms with Gasteiger partial charge in [-0.2, -0.15) is 0 Å². The second kappa shape index (κ2) is 7.13. The van der Waals surface area contributed by atoms with Crippen LogP contribution in [0, 0.1) is 0 Å². The zero-order chi connectivity index (χ0) is 14.6. The highest BCUT2D eigenvalue weighted by Crippen LogP contribution is 2.24. The number of ether oxygens (including phenoxy) is 1. The maximum atomic E-state index is 10.5. The number of hydrogen-bond acceptors (Lipinski definition) is 7. The van der Waals surface area contributed by atoms with E-state index in [-0.39, 0.29) is 12.8 Å². The maximum absolute atomic E-state index is 10.5. The molecule has 1 aliphatic heterocycles. The van der Waals surface area contributed by atoms with E-state index in [1.165, 1.54) is 0 Å². The maximum Gasteiger partial charge on any atom is 0.320 e. The number of aliphatic carboxylic acids is 1. The van der Waals surface area contributed by atoms with Gasteiger partial charge >= 0.3 is 5.97 Å². The van der Waals surface area contributed by atoms with Gasteiger partial charge in [0.2, 0.25) is 0 Å². The normalized spacial score (nSPS) is 37.0. The molecule has 0 bridgehead atoms. The molecule has 0 aromatic rings. The minimum atomic E-state index is -1.40. The van der Waals surface area contributed by atoms with Gasteiger partial charge in [0.15, 0.2) is 0 Å². The van der Waals surface area contributed by atoms with Gasteiger partial charge in [-0.1, -0.05) is 0 Å². The third-order valence-electron chi connectivity index (χ3n) is 3.31. The van der Waals surface area contributed by atoms with Crippen LogP contribution in [0.2, 0.25) is 0 Å². The first kappa shape index (κ1) is 16.3. The first-order valence-corrected chi connectivity index (χ1v) is 6.17. The van der Waals surface area contributed by atoms with E-state index < -0.39 is 49.1 Å². The first-order valence-electron chi connectivity index (χ1n) is 6.17. The molecule has 0 spiro atoms. The molecule has 0 aromatic heterocycles. The van der Waals surface area contributed by atoms with Gasteiger partial charge in [0, 0.05) is 0 Å². The second-order valence-corrected chi connectivity index (χ2v) is 4.74. The summed E-state index contributed by atoms with van der Waals surface area (Å²) < 4.78 is 5.27. The Labute approximate surface area is 110 Å². The molecule has 8 heteroatoms. The molecule has 0 aromatic carbocycles. The molecular weight excluding hydrogens is 258 g/mol. The Balaban J connectivity index is 2.46. The largest absolute Gasteiger partial charge is 0.480 e. The Morgan fingerprint density at radius 3 is 2.26 bits per heavy atom. The quantitative estimate of drug-likeness (QED) is 0.309. The predicted octanol–water partition coefficient (Wildman–Crippen LogP) is -2.59. The summed E-state index contributed by atoms with van der Waals surface area (Å²) in [6.45, 7) is -0.476. The van der Waals surface area contributed by atoms with Gasteiger partial charge in [-0.25, -0.2) is 0 Å². The molecule has 19 heavy (non-hydrogen) atoms. The van der Waals surface area contributed by atoms with Gasteiger partial charge in [-0.15, -0.1) is 0 Å². The lowest BCUT2D eigenvalue weighted by molar-refractivity contribution is -0.230. The molecule has 1 heterocycles. The SMILES string of the molecule is N[C@@H](CCC[C@@H]1O[C@H](CO)[C@@H](O)[C@H](O)[C@H]1O)C(=O)O. The fourth-order valence-corrected chi connectivity index (χ4v) is 2.08. The summed E-state index contributed by atoms with van der Waals surface area (Å²) in [5.74, 6) is -1.10. The van der Waals surface area contributed by atoms with Crippen molar-refractivity contribution in [3.05, 3.63) is 0 Å². The van der Waals surface area contributed by atoms with E-state index in [9.17, 15) is 20.1 Å². The third-order valence-corrected chi connectivity index (χ3v) is 3.31. The smallest absolute Gasteiger partial charge is 0.320 e. The highest BCUT2D eigenvalue weighted by molar-refractivity contribution is 5.72. The molecule has 1 aliphatic rings. The van der Waals surface area contributed by atoms with E-state index in [0.29, 0.717) is 6.42 Å². The van der Waals surface area contributed by atoms with Crippen molar-refractivity contribution in [2.75, 3.05) is 6.61 Å². The predicted molar refractivity (Wildman–Crippen MR) is 63.2 cm³/mol. The van der Waals surface area contributed by atoms with Crippen molar-refractivity contribution in [3.63, 3.8) is 0 Å². The molecule has 7 N–H and O–H groups in total. The standard InChI is InChI=1S/C11H21NO7/c12-5(11(17)18)2-1-3-6-8(14)10(16)9(15)7(4-13)19-6/h5-10,13-16H,1-4,12H2,(H,17,18)/t5-,6-,7+,8-,9+,10+/m0/s1. The number of aliphatic hydroxyl groups excluding tert-OH is 4. The number of carbonyl (C=O) groups is 1. The molecule has 0 aliphatic carbocycles. The lowest BCUT2D eigenvalue weighted by atomic mass is 9.92. The monoisotopic (exact) mass is 279 g/mol. The molecule has 8 nitrogen and oxygen atoms in total. The van der Waals surface area contributed by atoms with Gasteiger partial charge in [0.25, 0.3) is 0 Å². The van der Waals surface area contributed by atoms with Crippen LogP contribution >= 0.6 is 0 Å². The summed E-state index contributed by atoms with van der Waals surface area (Å²) in [4.78, 5) is 10.5. The average molecular weight is 279 g/mol. The minimum absolute atomic E-state index is 0.213. The van der Waals surface area contributed by atoms with E-state index in [0.717, 1.165) is 0 Å². The van der Waals surface area contributed by atoms with Crippen LogP contribution in [0.15, 0.2) is 0 Å². The van der Waals surface area contributed by atoms with Gasteiger partial charge in [-0.05, 0) is 19.3 Å². The summed E-state index contributed by atoms with van der Waals surface area (Å²) in [5, 5.41) is 46.5. The molecule has 0 unspecified atom stereocenters. The minimum Gasteiger partial charge on any atom is -0.480 e. The van der Waals surface area contributed by atoms with Crippen molar-refractivity contribution in [3.8, 4) is 0 Å². The van der Waals surface area contributed by atoms with E-state index in [2.05, 4.69) is 0 Å². The lowest BCUT2D eigenvalue weighted by Crippen LogP contribution is -2.58. The highest BCUT2D eigenvalue weighted by atomic mass is 16.5. The Bertz CT molecular complexity index is 299. The Kier molecular flexibility index (Phi) is 6.11. The molecule has 1 saturated heterocycles. The Morgan fingerprint density at radius 2 is 1.74 bits per heavy atom. The molecular formula is C11H21NO7. The fourth-order valence-electron chi connectivity index (χ4n) is 2.08. The van der Waals surface area contributed by atoms with Gasteiger partial charge in [0.05, 0.1) is 12.7 Å². The molecule has 6 atom stereocenters. The summed E-state index contributed by atoms with van der Waals surface area (Å²) in [6, 6.07) is -0.982. The summed E-state index contributed by atoms with van der Waals surface area (Å²) in [6.07, 6.45) is -4.88. The molecule has 0 amide bonds. The zero-order valence-corrected chi connectivity index (χ0v) is 10.4. The first-order chi connectivity index (χ1) is 8.88. The van der Waals surface area contributed by atoms with Crippen LogP contribution in [0.25, 0.3) is 0 Å². The van der Waals surface area contributed by atoms with Crippen LogP contribution in [0.5, 0.6) is 0 Å². The summed E-state index contributed by atoms with van der Waals surface area (Å²) in [5.41, 5.74) is 5.34. The van der Waals surface area contributed by atoms with Crippen LogP contribution in [0.3, 0.4) is 0 Å². The number of rotatable bonds is 6. The van der Waals surface area contributed by atoms with Gasteiger partial charge < -0.3 is 36.0 Å². The van der Waals surface area contributed by atoms with Crippen LogP contribution in [0.4, 0.5) is 0 Å². The van der Waals surface area contributed by atoms with E-state index in [1.54, 1.807) is 0 Å². The average Bonchev–Trinajstić information content (AvgIpc) is 2.38. The van der Waals surface area contributed by atoms with Gasteiger partial charge in [0.1, 0.15) is 30.5 Å². The van der Waals surface area contributed by atoms with Crippen LogP contribution in [-0.4, -0.2) is 74.7 Å². The molecule has 112 valence electrons. The summed E-state index contributed by atoms with van der Waals surface area (Å²) in [7, 11) is 0. The Hall–Kier alpha value is -0.770. The topological polar surface area (TPSA) is 153 Å². The number of nitrogens with two attached hydrogens (primary N) is 1. The lowest BCUT2D eigenvalue weighted by Gasteiger charge is -2.40. The van der Waals surface area contributed by atoms with E-state index in [4.69, 9.17) is 20.7 Å². The molecule has 1 fully saturated rings. The van der Waals surface area contributed by atoms with Crippen LogP contribution < -0.4 is 5.73 Å². The zero-order valence-electron chi connectivity index (χ0n) is 10.4. The van der Waals surface area contributed by atoms with E-state index >= 15 is 0 Å². The fraction of sp³-hybridized carbons (Fsp3) is 0.909. The molecule has 0 saturated carbocycles. The number of carboxylic acids is 1. The van der Waals surface area contributed by atoms with Crippen molar-refractivity contribution in [2.45, 2.75) is 55.8 Å². The van der Waals surface area contributed by atoms with Crippen molar-refractivity contribution >= 4 is 5.97 Å². The van der Waals surface area contributed by atoms with E-state index in [1.807, 2.05) is 0 Å². The van der Waals surface area contributed by atoms with Crippen LogP contribution in [0.1, 0.15) is 19.3 Å². The van der Waals surface area contributed by atoms with Crippen molar-refractivity contribution < 1.29 is 35.1 Å². The summed E-state index contributed by atoms with van der Waals surface area (Å²) >= 11 is 0. The number of hydrogen-bond donors (Lipinski definition) is 6. The molecule has 0 radical (unpaired) electrons. The Morgan fingerprint density at radius 1 is 1.16 bits per heavy atom. The number of carboxylic acid groups (broad SMARTS) is 1.